The van der Waals surface area contributed by atoms with Crippen LogP contribution in [0.25, 0.3) is 10.8 Å². The number of ether oxygens (including phenoxy) is 1. The Hall–Kier alpha value is -3.55. The Morgan fingerprint density at radius 1 is 1.02 bits per heavy atom. The van der Waals surface area contributed by atoms with Crippen LogP contribution in [-0.4, -0.2) is 68.8 Å². The second-order valence-corrected chi connectivity index (χ2v) is 12.2. The van der Waals surface area contributed by atoms with Gasteiger partial charge >= 0.3 is 11.9 Å². The second kappa shape index (κ2) is 12.7. The zero-order chi connectivity index (χ0) is 28.9. The first-order chi connectivity index (χ1) is 19.0. The number of benzene rings is 2. The van der Waals surface area contributed by atoms with E-state index in [1.807, 2.05) is 12.1 Å². The zero-order valence-corrected chi connectivity index (χ0v) is 23.0. The third kappa shape index (κ3) is 7.99. The van der Waals surface area contributed by atoms with Crippen molar-refractivity contribution in [3.05, 3.63) is 42.5 Å². The fourth-order valence-corrected chi connectivity index (χ4v) is 5.98. The quantitative estimate of drug-likeness (QED) is 0.112. The number of nitrogens with one attached hydrogen (secondary N) is 3. The molecule has 1 aliphatic carbocycles. The molecule has 1 saturated carbocycles. The van der Waals surface area contributed by atoms with E-state index in [0.29, 0.717) is 25.0 Å². The van der Waals surface area contributed by atoms with E-state index < -0.39 is 46.4 Å². The van der Waals surface area contributed by atoms with Crippen LogP contribution in [0.15, 0.2) is 47.4 Å². The summed E-state index contributed by atoms with van der Waals surface area (Å²) in [6, 6.07) is 9.65. The highest BCUT2D eigenvalue weighted by atomic mass is 32.2. The minimum Gasteiger partial charge on any atom is -0.392 e. The molecule has 1 heterocycles. The zero-order valence-electron chi connectivity index (χ0n) is 22.2. The van der Waals surface area contributed by atoms with Crippen molar-refractivity contribution in [1.82, 2.24) is 14.9 Å². The van der Waals surface area contributed by atoms with E-state index in [2.05, 4.69) is 10.0 Å². The Morgan fingerprint density at radius 2 is 1.70 bits per heavy atom. The number of nitrogens with zero attached hydrogens (tertiary/aromatic N) is 1. The fourth-order valence-electron chi connectivity index (χ4n) is 4.77. The standard InChI is InChI=1S/C27H36N6O6S/c28-22(19-5-6-19)14-25(35)39-26(36)23(15-24(34)31-16-17-9-11-33(12-10-17)27(29)30)32-40(37,38)21-8-7-18-3-1-2-4-20(18)13-21/h1-4,7-8,13,17,19,22-23,32H,5-6,9-12,14-16,28H2,(H3,29,30)(H,31,34). The third-order valence-corrected chi connectivity index (χ3v) is 8.86. The molecule has 0 spiro atoms. The number of amides is 1. The molecule has 12 nitrogen and oxygen atoms in total. The van der Waals surface area contributed by atoms with Gasteiger partial charge < -0.3 is 26.4 Å². The van der Waals surface area contributed by atoms with E-state index in [1.54, 1.807) is 23.1 Å². The molecule has 4 rings (SSSR count). The van der Waals surface area contributed by atoms with Gasteiger partial charge in [-0.3, -0.25) is 15.0 Å². The molecule has 13 heteroatoms. The molecule has 0 bridgehead atoms. The third-order valence-electron chi connectivity index (χ3n) is 7.39. The molecule has 2 atom stereocenters. The second-order valence-electron chi connectivity index (χ2n) is 10.5. The van der Waals surface area contributed by atoms with Gasteiger partial charge in [0.2, 0.25) is 15.9 Å². The molecule has 2 aliphatic rings. The molecule has 1 amide bonds. The number of fused-ring (bicyclic) bond motifs is 1. The van der Waals surface area contributed by atoms with E-state index in [1.165, 1.54) is 12.1 Å². The van der Waals surface area contributed by atoms with Crippen LogP contribution in [0.4, 0.5) is 0 Å². The summed E-state index contributed by atoms with van der Waals surface area (Å²) in [5, 5.41) is 11.8. The first-order valence-electron chi connectivity index (χ1n) is 13.4. The Morgan fingerprint density at radius 3 is 2.35 bits per heavy atom. The number of carbonyl (C=O) groups excluding carboxylic acids is 3. The molecular formula is C27H36N6O6S. The van der Waals surface area contributed by atoms with Crippen LogP contribution in [-0.2, 0) is 29.1 Å². The summed E-state index contributed by atoms with van der Waals surface area (Å²) in [5.41, 5.74) is 11.5. The summed E-state index contributed by atoms with van der Waals surface area (Å²) in [6.45, 7) is 1.52. The van der Waals surface area contributed by atoms with Crippen molar-refractivity contribution in [2.24, 2.45) is 23.3 Å². The van der Waals surface area contributed by atoms with Crippen molar-refractivity contribution in [2.45, 2.75) is 55.5 Å². The Kier molecular flexibility index (Phi) is 9.38. The predicted octanol–water partition coefficient (Wildman–Crippen LogP) is 0.796. The molecule has 2 aromatic rings. The summed E-state index contributed by atoms with van der Waals surface area (Å²) in [6.07, 6.45) is 2.52. The number of likely N-dealkylation sites (tertiary alicyclic amines) is 1. The molecule has 1 saturated heterocycles. The molecule has 1 aliphatic heterocycles. The predicted molar refractivity (Wildman–Crippen MR) is 148 cm³/mol. The molecule has 0 radical (unpaired) electrons. The van der Waals surface area contributed by atoms with Gasteiger partial charge in [-0.1, -0.05) is 30.3 Å². The molecule has 2 unspecified atom stereocenters. The topological polar surface area (TPSA) is 198 Å². The van der Waals surface area contributed by atoms with Crippen LogP contribution < -0.4 is 21.5 Å². The van der Waals surface area contributed by atoms with E-state index in [0.717, 1.165) is 31.1 Å². The van der Waals surface area contributed by atoms with Gasteiger partial charge in [-0.05, 0) is 60.4 Å². The summed E-state index contributed by atoms with van der Waals surface area (Å²) in [4.78, 5) is 39.8. The van der Waals surface area contributed by atoms with E-state index in [-0.39, 0.29) is 29.1 Å². The van der Waals surface area contributed by atoms with E-state index in [9.17, 15) is 22.8 Å². The van der Waals surface area contributed by atoms with Crippen molar-refractivity contribution in [1.29, 1.82) is 5.41 Å². The van der Waals surface area contributed by atoms with Gasteiger partial charge in [0.25, 0.3) is 0 Å². The lowest BCUT2D eigenvalue weighted by molar-refractivity contribution is -0.161. The smallest absolute Gasteiger partial charge is 0.332 e. The highest BCUT2D eigenvalue weighted by Gasteiger charge is 2.34. The van der Waals surface area contributed by atoms with Crippen molar-refractivity contribution in [3.63, 3.8) is 0 Å². The van der Waals surface area contributed by atoms with Gasteiger partial charge in [0, 0.05) is 25.7 Å². The number of carbonyl (C=O) groups is 3. The van der Waals surface area contributed by atoms with Gasteiger partial charge in [0.15, 0.2) is 5.96 Å². The molecule has 2 fully saturated rings. The number of piperidine rings is 1. The number of esters is 2. The lowest BCUT2D eigenvalue weighted by atomic mass is 9.97. The molecule has 0 aromatic heterocycles. The maximum absolute atomic E-state index is 13.2. The SMILES string of the molecule is N=C(N)N1CCC(CNC(=O)CC(NS(=O)(=O)c2ccc3ccccc3c2)C(=O)OC(=O)CC(N)C2CC2)CC1. The number of nitrogens with two attached hydrogens (primary N) is 2. The number of rotatable bonds is 11. The first-order valence-corrected chi connectivity index (χ1v) is 14.9. The van der Waals surface area contributed by atoms with Crippen molar-refractivity contribution in [3.8, 4) is 0 Å². The first kappa shape index (κ1) is 29.4. The molecule has 40 heavy (non-hydrogen) atoms. The Bertz CT molecular complexity index is 1370. The Labute approximate surface area is 233 Å². The fraction of sp³-hybridized carbons (Fsp3) is 0.481. The van der Waals surface area contributed by atoms with Crippen LogP contribution in [0.1, 0.15) is 38.5 Å². The van der Waals surface area contributed by atoms with E-state index in [4.69, 9.17) is 21.6 Å². The summed E-state index contributed by atoms with van der Waals surface area (Å²) in [5.74, 6) is -2.24. The molecular weight excluding hydrogens is 536 g/mol. The summed E-state index contributed by atoms with van der Waals surface area (Å²) >= 11 is 0. The van der Waals surface area contributed by atoms with Gasteiger partial charge in [0.05, 0.1) is 17.7 Å². The minimum atomic E-state index is -4.26. The lowest BCUT2D eigenvalue weighted by Gasteiger charge is -2.32. The Balaban J connectivity index is 1.42. The van der Waals surface area contributed by atoms with Crippen molar-refractivity contribution >= 4 is 44.6 Å². The van der Waals surface area contributed by atoms with Gasteiger partial charge in [-0.2, -0.15) is 4.72 Å². The monoisotopic (exact) mass is 572 g/mol. The lowest BCUT2D eigenvalue weighted by Crippen LogP contribution is -2.47. The molecule has 2 aromatic carbocycles. The van der Waals surface area contributed by atoms with Crippen molar-refractivity contribution < 1.29 is 27.5 Å². The maximum atomic E-state index is 13.2. The van der Waals surface area contributed by atoms with Gasteiger partial charge in [0.1, 0.15) is 6.04 Å². The molecule has 7 N–H and O–H groups in total. The van der Waals surface area contributed by atoms with Gasteiger partial charge in [-0.25, -0.2) is 13.2 Å². The van der Waals surface area contributed by atoms with Crippen LogP contribution in [0.2, 0.25) is 0 Å². The van der Waals surface area contributed by atoms with Crippen LogP contribution >= 0.6 is 0 Å². The van der Waals surface area contributed by atoms with Crippen molar-refractivity contribution in [2.75, 3.05) is 19.6 Å². The van der Waals surface area contributed by atoms with Gasteiger partial charge in [-0.15, -0.1) is 0 Å². The van der Waals surface area contributed by atoms with Crippen LogP contribution in [0.3, 0.4) is 0 Å². The summed E-state index contributed by atoms with van der Waals surface area (Å²) in [7, 11) is -4.26. The van der Waals surface area contributed by atoms with E-state index >= 15 is 0 Å². The molecule has 216 valence electrons. The average Bonchev–Trinajstić information content (AvgIpc) is 3.77. The number of guanidine groups is 1. The largest absolute Gasteiger partial charge is 0.392 e. The minimum absolute atomic E-state index is 0.00942. The number of hydrogen-bond donors (Lipinski definition) is 5. The van der Waals surface area contributed by atoms with Crippen LogP contribution in [0.5, 0.6) is 0 Å². The number of hydrogen-bond acceptors (Lipinski definition) is 8. The average molecular weight is 573 g/mol. The summed E-state index contributed by atoms with van der Waals surface area (Å²) < 4.78 is 33.7. The maximum Gasteiger partial charge on any atom is 0.332 e. The highest BCUT2D eigenvalue weighted by molar-refractivity contribution is 7.89. The highest BCUT2D eigenvalue weighted by Crippen LogP contribution is 2.33. The van der Waals surface area contributed by atoms with Crippen LogP contribution in [0, 0.1) is 17.2 Å². The number of sulfonamides is 1. The normalized spacial score (nSPS) is 17.7.